The standard InChI is InChI=1S/C28H26O5/c1-18(2)27(29)32-24-11-6-20(7-12-24)22-10-15-26(23(16-22)17-31-5)21-8-13-25(14-9-21)33-28(30)19(3)4/h6-16H,1,3,17H2,2,4-5H3. The second-order valence-electron chi connectivity index (χ2n) is 7.69. The molecule has 3 aromatic rings. The van der Waals surface area contributed by atoms with E-state index in [9.17, 15) is 9.59 Å². The second-order valence-corrected chi connectivity index (χ2v) is 7.69. The fourth-order valence-electron chi connectivity index (χ4n) is 3.14. The third-order valence-corrected chi connectivity index (χ3v) is 4.88. The number of carbonyl (C=O) groups excluding carboxylic acids is 2. The molecule has 0 aliphatic carbocycles. The minimum absolute atomic E-state index is 0.346. The van der Waals surface area contributed by atoms with Gasteiger partial charge in [-0.15, -0.1) is 0 Å². The van der Waals surface area contributed by atoms with Crippen molar-refractivity contribution >= 4 is 11.9 Å². The fourth-order valence-corrected chi connectivity index (χ4v) is 3.14. The van der Waals surface area contributed by atoms with E-state index in [2.05, 4.69) is 19.2 Å². The maximum Gasteiger partial charge on any atom is 0.338 e. The van der Waals surface area contributed by atoms with Gasteiger partial charge in [-0.3, -0.25) is 0 Å². The number of benzene rings is 3. The molecule has 0 bridgehead atoms. The maximum atomic E-state index is 11.7. The largest absolute Gasteiger partial charge is 0.423 e. The Morgan fingerprint density at radius 1 is 0.697 bits per heavy atom. The van der Waals surface area contributed by atoms with E-state index in [4.69, 9.17) is 14.2 Å². The molecule has 0 aliphatic heterocycles. The van der Waals surface area contributed by atoms with Crippen LogP contribution in [0.5, 0.6) is 11.5 Å². The highest BCUT2D eigenvalue weighted by atomic mass is 16.5. The van der Waals surface area contributed by atoms with Crippen LogP contribution in [0.3, 0.4) is 0 Å². The average Bonchev–Trinajstić information content (AvgIpc) is 2.80. The molecule has 0 aromatic heterocycles. The first-order valence-electron chi connectivity index (χ1n) is 10.4. The van der Waals surface area contributed by atoms with Crippen LogP contribution >= 0.6 is 0 Å². The summed E-state index contributed by atoms with van der Waals surface area (Å²) in [6, 6.07) is 20.8. The van der Waals surface area contributed by atoms with E-state index in [0.717, 1.165) is 27.8 Å². The van der Waals surface area contributed by atoms with E-state index in [1.54, 1.807) is 45.2 Å². The van der Waals surface area contributed by atoms with Crippen LogP contribution in [0, 0.1) is 0 Å². The van der Waals surface area contributed by atoms with Gasteiger partial charge in [0, 0.05) is 18.3 Å². The molecule has 0 saturated carbocycles. The SMILES string of the molecule is C=C(C)C(=O)Oc1ccc(-c2ccc(-c3ccc(OC(=O)C(=C)C)cc3)c(COC)c2)cc1. The topological polar surface area (TPSA) is 61.8 Å². The van der Waals surface area contributed by atoms with Crippen molar-refractivity contribution < 1.29 is 23.8 Å². The molecule has 0 saturated heterocycles. The Bertz CT molecular complexity index is 1190. The molecule has 3 rings (SSSR count). The van der Waals surface area contributed by atoms with E-state index < -0.39 is 11.9 Å². The lowest BCUT2D eigenvalue weighted by atomic mass is 9.95. The van der Waals surface area contributed by atoms with Crippen molar-refractivity contribution in [2.24, 2.45) is 0 Å². The van der Waals surface area contributed by atoms with Gasteiger partial charge in [-0.25, -0.2) is 9.59 Å². The van der Waals surface area contributed by atoms with Crippen molar-refractivity contribution in [3.8, 4) is 33.8 Å². The lowest BCUT2D eigenvalue weighted by molar-refractivity contribution is -0.130. The summed E-state index contributed by atoms with van der Waals surface area (Å²) in [5.41, 5.74) is 5.70. The third-order valence-electron chi connectivity index (χ3n) is 4.88. The predicted octanol–water partition coefficient (Wildman–Crippen LogP) is 6.13. The fraction of sp³-hybridized carbons (Fsp3) is 0.143. The molecule has 0 heterocycles. The lowest BCUT2D eigenvalue weighted by Gasteiger charge is -2.13. The van der Waals surface area contributed by atoms with Gasteiger partial charge in [-0.2, -0.15) is 0 Å². The summed E-state index contributed by atoms with van der Waals surface area (Å²) in [6.45, 7) is 10.8. The Morgan fingerprint density at radius 2 is 1.15 bits per heavy atom. The molecule has 33 heavy (non-hydrogen) atoms. The van der Waals surface area contributed by atoms with Gasteiger partial charge in [-0.05, 0) is 72.0 Å². The summed E-state index contributed by atoms with van der Waals surface area (Å²) in [7, 11) is 1.65. The minimum Gasteiger partial charge on any atom is -0.423 e. The zero-order chi connectivity index (χ0) is 24.0. The van der Waals surface area contributed by atoms with Crippen molar-refractivity contribution in [3.05, 3.63) is 96.6 Å². The Balaban J connectivity index is 1.85. The zero-order valence-electron chi connectivity index (χ0n) is 19.0. The maximum absolute atomic E-state index is 11.7. The van der Waals surface area contributed by atoms with Crippen LogP contribution in [0.2, 0.25) is 0 Å². The van der Waals surface area contributed by atoms with Crippen LogP contribution in [0.15, 0.2) is 91.0 Å². The molecule has 0 spiro atoms. The first-order chi connectivity index (χ1) is 15.8. The summed E-state index contributed by atoms with van der Waals surface area (Å²) in [6.07, 6.45) is 0. The van der Waals surface area contributed by atoms with Gasteiger partial charge in [0.05, 0.1) is 6.61 Å². The van der Waals surface area contributed by atoms with Crippen molar-refractivity contribution in [1.82, 2.24) is 0 Å². The normalized spacial score (nSPS) is 10.4. The van der Waals surface area contributed by atoms with Crippen LogP contribution in [-0.2, 0) is 20.9 Å². The van der Waals surface area contributed by atoms with E-state index >= 15 is 0 Å². The van der Waals surface area contributed by atoms with Gasteiger partial charge in [0.15, 0.2) is 0 Å². The van der Waals surface area contributed by atoms with Gasteiger partial charge in [0.1, 0.15) is 11.5 Å². The molecule has 0 fully saturated rings. The molecule has 0 unspecified atom stereocenters. The molecule has 0 atom stereocenters. The summed E-state index contributed by atoms with van der Waals surface area (Å²) in [4.78, 5) is 23.4. The average molecular weight is 443 g/mol. The molecule has 5 heteroatoms. The Morgan fingerprint density at radius 3 is 1.61 bits per heavy atom. The van der Waals surface area contributed by atoms with Crippen LogP contribution in [-0.4, -0.2) is 19.0 Å². The Labute approximate surface area is 193 Å². The van der Waals surface area contributed by atoms with Gasteiger partial charge in [0.2, 0.25) is 0 Å². The quantitative estimate of drug-likeness (QED) is 0.239. The van der Waals surface area contributed by atoms with E-state index in [-0.39, 0.29) is 0 Å². The van der Waals surface area contributed by atoms with Crippen LogP contribution < -0.4 is 9.47 Å². The van der Waals surface area contributed by atoms with E-state index in [1.165, 1.54) is 0 Å². The zero-order valence-corrected chi connectivity index (χ0v) is 19.0. The third kappa shape index (κ3) is 6.05. The Kier molecular flexibility index (Phi) is 7.59. The number of ether oxygens (including phenoxy) is 3. The van der Waals surface area contributed by atoms with Crippen LogP contribution in [0.25, 0.3) is 22.3 Å². The molecule has 0 radical (unpaired) electrons. The monoisotopic (exact) mass is 442 g/mol. The van der Waals surface area contributed by atoms with Crippen LogP contribution in [0.1, 0.15) is 19.4 Å². The van der Waals surface area contributed by atoms with Gasteiger partial charge >= 0.3 is 11.9 Å². The van der Waals surface area contributed by atoms with Crippen molar-refractivity contribution in [1.29, 1.82) is 0 Å². The molecule has 168 valence electrons. The number of hydrogen-bond acceptors (Lipinski definition) is 5. The second kappa shape index (κ2) is 10.6. The lowest BCUT2D eigenvalue weighted by Crippen LogP contribution is -2.07. The molecule has 0 aliphatic rings. The number of esters is 2. The van der Waals surface area contributed by atoms with Crippen LogP contribution in [0.4, 0.5) is 0 Å². The highest BCUT2D eigenvalue weighted by Crippen LogP contribution is 2.31. The smallest absolute Gasteiger partial charge is 0.338 e. The van der Waals surface area contributed by atoms with Crippen molar-refractivity contribution in [2.45, 2.75) is 20.5 Å². The van der Waals surface area contributed by atoms with Crippen molar-refractivity contribution in [3.63, 3.8) is 0 Å². The molecule has 5 nitrogen and oxygen atoms in total. The van der Waals surface area contributed by atoms with E-state index in [1.807, 2.05) is 36.4 Å². The summed E-state index contributed by atoms with van der Waals surface area (Å²) in [5, 5.41) is 0. The highest BCUT2D eigenvalue weighted by molar-refractivity contribution is 5.89. The van der Waals surface area contributed by atoms with E-state index in [0.29, 0.717) is 29.3 Å². The molecule has 0 N–H and O–H groups in total. The number of rotatable bonds is 8. The van der Waals surface area contributed by atoms with Gasteiger partial charge in [-0.1, -0.05) is 49.6 Å². The van der Waals surface area contributed by atoms with Gasteiger partial charge in [0.25, 0.3) is 0 Å². The van der Waals surface area contributed by atoms with Crippen molar-refractivity contribution in [2.75, 3.05) is 7.11 Å². The minimum atomic E-state index is -0.451. The summed E-state index contributed by atoms with van der Waals surface area (Å²) in [5.74, 6) is 0.0273. The first-order valence-corrected chi connectivity index (χ1v) is 10.4. The molecule has 0 amide bonds. The first kappa shape index (κ1) is 23.7. The van der Waals surface area contributed by atoms with Gasteiger partial charge < -0.3 is 14.2 Å². The predicted molar refractivity (Wildman–Crippen MR) is 129 cm³/mol. The summed E-state index contributed by atoms with van der Waals surface area (Å²) < 4.78 is 16.0. The Hall–Kier alpha value is -3.96. The molecule has 3 aromatic carbocycles. The molecular weight excluding hydrogens is 416 g/mol. The number of methoxy groups -OCH3 is 1. The highest BCUT2D eigenvalue weighted by Gasteiger charge is 2.11. The summed E-state index contributed by atoms with van der Waals surface area (Å²) >= 11 is 0. The molecular formula is C28H26O5. The number of hydrogen-bond donors (Lipinski definition) is 0. The number of carbonyl (C=O) groups is 2.